The number of carbonyl (C=O) groups excluding carboxylic acids is 3. The van der Waals surface area contributed by atoms with Gasteiger partial charge in [0.15, 0.2) is 0 Å². The average Bonchev–Trinajstić information content (AvgIpc) is 3.13. The van der Waals surface area contributed by atoms with Crippen molar-refractivity contribution in [2.75, 3.05) is 19.0 Å². The minimum Gasteiger partial charge on any atom is -0.467 e. The molecule has 3 rings (SSSR count). The second-order valence-electron chi connectivity index (χ2n) is 7.90. The molecule has 2 amide bonds. The molecule has 1 spiro atoms. The van der Waals surface area contributed by atoms with Crippen LogP contribution in [0.1, 0.15) is 38.3 Å². The summed E-state index contributed by atoms with van der Waals surface area (Å²) in [6, 6.07) is 4.63. The Bertz CT molecular complexity index is 826. The molecular formula is C20H24N2O5. The van der Waals surface area contributed by atoms with Crippen molar-refractivity contribution in [2.45, 2.75) is 44.2 Å². The third-order valence-corrected chi connectivity index (χ3v) is 4.94. The van der Waals surface area contributed by atoms with Gasteiger partial charge in [-0.1, -0.05) is 18.7 Å². The molecule has 144 valence electrons. The summed E-state index contributed by atoms with van der Waals surface area (Å²) in [5.41, 5.74) is 0.545. The van der Waals surface area contributed by atoms with Gasteiger partial charge in [-0.3, -0.25) is 9.69 Å². The summed E-state index contributed by atoms with van der Waals surface area (Å²) in [5, 5.41) is 2.86. The molecule has 27 heavy (non-hydrogen) atoms. The minimum atomic E-state index is -1.02. The number of amides is 2. The molecule has 7 nitrogen and oxygen atoms in total. The van der Waals surface area contributed by atoms with Gasteiger partial charge < -0.3 is 14.8 Å². The molecule has 0 radical (unpaired) electrons. The lowest BCUT2D eigenvalue weighted by Gasteiger charge is -2.27. The van der Waals surface area contributed by atoms with Gasteiger partial charge in [0.1, 0.15) is 11.6 Å². The quantitative estimate of drug-likeness (QED) is 0.807. The number of anilines is 1. The topological polar surface area (TPSA) is 84.9 Å². The van der Waals surface area contributed by atoms with Crippen LogP contribution in [0.5, 0.6) is 0 Å². The summed E-state index contributed by atoms with van der Waals surface area (Å²) in [4.78, 5) is 39.3. The number of hydrogen-bond donors (Lipinski definition) is 1. The van der Waals surface area contributed by atoms with Crippen LogP contribution in [0, 0.1) is 0 Å². The second-order valence-corrected chi connectivity index (χ2v) is 7.90. The van der Waals surface area contributed by atoms with Crippen LogP contribution < -0.4 is 5.32 Å². The maximum atomic E-state index is 12.9. The number of nitrogens with one attached hydrogen (secondary N) is 1. The first kappa shape index (κ1) is 18.9. The number of benzene rings is 1. The predicted octanol–water partition coefficient (Wildman–Crippen LogP) is 2.70. The first-order valence-corrected chi connectivity index (χ1v) is 8.77. The average molecular weight is 372 g/mol. The Kier molecular flexibility index (Phi) is 4.49. The van der Waals surface area contributed by atoms with Gasteiger partial charge in [0.2, 0.25) is 5.91 Å². The molecule has 1 saturated heterocycles. The number of rotatable bonds is 2. The molecule has 2 atom stereocenters. The first-order valence-electron chi connectivity index (χ1n) is 8.77. The van der Waals surface area contributed by atoms with Crippen molar-refractivity contribution in [3.05, 3.63) is 35.9 Å². The van der Waals surface area contributed by atoms with E-state index in [0.29, 0.717) is 5.69 Å². The highest BCUT2D eigenvalue weighted by molar-refractivity contribution is 6.08. The van der Waals surface area contributed by atoms with Crippen LogP contribution in [0.3, 0.4) is 0 Å². The molecule has 0 unspecified atom stereocenters. The summed E-state index contributed by atoms with van der Waals surface area (Å²) in [5.74, 6) is -0.808. The third kappa shape index (κ3) is 3.18. The smallest absolute Gasteiger partial charge is 0.411 e. The van der Waals surface area contributed by atoms with Gasteiger partial charge in [0.05, 0.1) is 12.5 Å². The van der Waals surface area contributed by atoms with E-state index in [1.807, 2.05) is 18.2 Å². The summed E-state index contributed by atoms with van der Waals surface area (Å²) < 4.78 is 10.3. The number of carbonyl (C=O) groups is 3. The third-order valence-electron chi connectivity index (χ3n) is 4.94. The fourth-order valence-corrected chi connectivity index (χ4v) is 3.68. The Labute approximate surface area is 158 Å². The summed E-state index contributed by atoms with van der Waals surface area (Å²) in [6.07, 6.45) is 1.18. The highest BCUT2D eigenvalue weighted by Crippen LogP contribution is 2.47. The molecule has 1 aromatic rings. The number of methoxy groups -OCH3 is 1. The molecule has 2 aliphatic heterocycles. The molecule has 1 fully saturated rings. The fraction of sp³-hybridized carbons (Fsp3) is 0.450. The van der Waals surface area contributed by atoms with E-state index in [1.54, 1.807) is 26.8 Å². The number of nitrogens with zero attached hydrogens (tertiary/aromatic N) is 1. The van der Waals surface area contributed by atoms with E-state index in [0.717, 1.165) is 11.1 Å². The van der Waals surface area contributed by atoms with Crippen molar-refractivity contribution < 1.29 is 23.9 Å². The van der Waals surface area contributed by atoms with Gasteiger partial charge >= 0.3 is 12.1 Å². The van der Waals surface area contributed by atoms with Gasteiger partial charge in [-0.2, -0.15) is 0 Å². The van der Waals surface area contributed by atoms with Gasteiger partial charge in [-0.25, -0.2) is 9.59 Å². The maximum Gasteiger partial charge on any atom is 0.411 e. The lowest BCUT2D eigenvalue weighted by molar-refractivity contribution is -0.145. The number of likely N-dealkylation sites (tertiary alicyclic amines) is 1. The molecule has 1 N–H and O–H groups in total. The Balaban J connectivity index is 2.03. The lowest BCUT2D eigenvalue weighted by Crippen LogP contribution is -2.44. The van der Waals surface area contributed by atoms with Gasteiger partial charge in [0.25, 0.3) is 0 Å². The largest absolute Gasteiger partial charge is 0.467 e. The van der Waals surface area contributed by atoms with E-state index >= 15 is 0 Å². The molecule has 1 aromatic carbocycles. The zero-order valence-corrected chi connectivity index (χ0v) is 16.0. The van der Waals surface area contributed by atoms with Crippen molar-refractivity contribution in [1.82, 2.24) is 4.90 Å². The van der Waals surface area contributed by atoms with Crippen LogP contribution in [-0.2, 0) is 24.5 Å². The van der Waals surface area contributed by atoms with Crippen molar-refractivity contribution in [3.63, 3.8) is 0 Å². The standard InChI is InChI=1S/C20H24N2O5/c1-6-12-7-8-14-13(9-12)20(17(24)21-14)10-15(16(23)26-5)22(11-20)18(25)27-19(2,3)4/h6-9,15H,1,10-11H2,2-5H3,(H,21,24)/t15-,20-/m0/s1. The van der Waals surface area contributed by atoms with Crippen molar-refractivity contribution in [2.24, 2.45) is 0 Å². The van der Waals surface area contributed by atoms with Gasteiger partial charge in [0, 0.05) is 12.2 Å². The second kappa shape index (κ2) is 6.40. The minimum absolute atomic E-state index is 0.0428. The van der Waals surface area contributed by atoms with E-state index in [2.05, 4.69) is 11.9 Å². The summed E-state index contributed by atoms with van der Waals surface area (Å²) >= 11 is 0. The predicted molar refractivity (Wildman–Crippen MR) is 100 cm³/mol. The molecule has 0 aromatic heterocycles. The number of esters is 1. The zero-order chi connectivity index (χ0) is 20.0. The van der Waals surface area contributed by atoms with E-state index in [-0.39, 0.29) is 18.9 Å². The lowest BCUT2D eigenvalue weighted by atomic mass is 9.79. The Hall–Kier alpha value is -2.83. The molecule has 2 heterocycles. The van der Waals surface area contributed by atoms with Crippen LogP contribution in [0.4, 0.5) is 10.5 Å². The maximum absolute atomic E-state index is 12.9. The van der Waals surface area contributed by atoms with E-state index in [4.69, 9.17) is 9.47 Å². The molecular weight excluding hydrogens is 348 g/mol. The van der Waals surface area contributed by atoms with Gasteiger partial charge in [-0.05, 0) is 50.5 Å². The highest BCUT2D eigenvalue weighted by atomic mass is 16.6. The fourth-order valence-electron chi connectivity index (χ4n) is 3.68. The zero-order valence-electron chi connectivity index (χ0n) is 16.0. The van der Waals surface area contributed by atoms with E-state index in [1.165, 1.54) is 12.0 Å². The Morgan fingerprint density at radius 2 is 2.07 bits per heavy atom. The van der Waals surface area contributed by atoms with Crippen LogP contribution >= 0.6 is 0 Å². The number of ether oxygens (including phenoxy) is 2. The van der Waals surface area contributed by atoms with Crippen LogP contribution in [0.25, 0.3) is 6.08 Å². The highest BCUT2D eigenvalue weighted by Gasteiger charge is 2.58. The molecule has 0 aliphatic carbocycles. The number of hydrogen-bond acceptors (Lipinski definition) is 5. The number of fused-ring (bicyclic) bond motifs is 2. The van der Waals surface area contributed by atoms with Crippen LogP contribution in [0.2, 0.25) is 0 Å². The van der Waals surface area contributed by atoms with Crippen LogP contribution in [-0.4, -0.2) is 48.2 Å². The van der Waals surface area contributed by atoms with E-state index < -0.39 is 29.1 Å². The van der Waals surface area contributed by atoms with Crippen molar-refractivity contribution >= 4 is 29.7 Å². The first-order chi connectivity index (χ1) is 12.6. The monoisotopic (exact) mass is 372 g/mol. The summed E-state index contributed by atoms with van der Waals surface area (Å²) in [6.45, 7) is 9.05. The van der Waals surface area contributed by atoms with Gasteiger partial charge in [-0.15, -0.1) is 0 Å². The SMILES string of the molecule is C=Cc1ccc2c(c1)[C@@]1(C[C@@H](C(=O)OC)N(C(=O)OC(C)(C)C)C1)C(=O)N2. The molecule has 0 saturated carbocycles. The van der Waals surface area contributed by atoms with Crippen molar-refractivity contribution in [3.8, 4) is 0 Å². The molecule has 0 bridgehead atoms. The summed E-state index contributed by atoms with van der Waals surface area (Å²) in [7, 11) is 1.26. The van der Waals surface area contributed by atoms with E-state index in [9.17, 15) is 14.4 Å². The Morgan fingerprint density at radius 3 is 2.67 bits per heavy atom. The Morgan fingerprint density at radius 1 is 1.37 bits per heavy atom. The normalized spacial score (nSPS) is 23.8. The van der Waals surface area contributed by atoms with Crippen molar-refractivity contribution in [1.29, 1.82) is 0 Å². The van der Waals surface area contributed by atoms with Crippen LogP contribution in [0.15, 0.2) is 24.8 Å². The molecule has 2 aliphatic rings. The molecule has 7 heteroatoms.